The van der Waals surface area contributed by atoms with Gasteiger partial charge in [0.15, 0.2) is 0 Å². The third kappa shape index (κ3) is 4.35. The van der Waals surface area contributed by atoms with Gasteiger partial charge in [0.25, 0.3) is 0 Å². The van der Waals surface area contributed by atoms with Crippen LogP contribution in [0.5, 0.6) is 11.5 Å². The summed E-state index contributed by atoms with van der Waals surface area (Å²) in [5, 5.41) is 2.99. The Balaban J connectivity index is 1.38. The van der Waals surface area contributed by atoms with Crippen LogP contribution in [0.3, 0.4) is 0 Å². The number of hydrogen-bond donors (Lipinski definition) is 1. The van der Waals surface area contributed by atoms with Gasteiger partial charge in [-0.3, -0.25) is 9.36 Å². The second kappa shape index (κ2) is 8.81. The number of anilines is 2. The molecule has 30 heavy (non-hydrogen) atoms. The van der Waals surface area contributed by atoms with Gasteiger partial charge in [-0.2, -0.15) is 0 Å². The van der Waals surface area contributed by atoms with E-state index in [0.29, 0.717) is 17.2 Å². The van der Waals surface area contributed by atoms with Crippen molar-refractivity contribution in [3.8, 4) is 17.3 Å². The van der Waals surface area contributed by atoms with E-state index in [0.717, 1.165) is 37.6 Å². The first kappa shape index (κ1) is 19.7. The number of rotatable bonds is 6. The summed E-state index contributed by atoms with van der Waals surface area (Å²) in [6.07, 6.45) is 8.31. The molecule has 1 amide bonds. The van der Waals surface area contributed by atoms with E-state index in [1.165, 1.54) is 0 Å². The molecule has 9 heteroatoms. The molecule has 1 saturated heterocycles. The third-order valence-corrected chi connectivity index (χ3v) is 5.22. The first-order chi connectivity index (χ1) is 14.7. The fourth-order valence-electron chi connectivity index (χ4n) is 3.54. The number of benzene rings is 1. The number of nitrogens with one attached hydrogen (secondary N) is 1. The molecule has 0 bridgehead atoms. The van der Waals surface area contributed by atoms with Crippen LogP contribution in [0.1, 0.15) is 12.8 Å². The van der Waals surface area contributed by atoms with Gasteiger partial charge in [-0.15, -0.1) is 0 Å². The van der Waals surface area contributed by atoms with Gasteiger partial charge in [0.2, 0.25) is 5.91 Å². The molecule has 156 valence electrons. The van der Waals surface area contributed by atoms with Crippen molar-refractivity contribution in [3.05, 3.63) is 49.3 Å². The molecule has 1 aliphatic rings. The lowest BCUT2D eigenvalue weighted by Gasteiger charge is -2.32. The maximum Gasteiger partial charge on any atom is 0.227 e. The summed E-state index contributed by atoms with van der Waals surface area (Å²) in [5.74, 6) is 2.84. The maximum absolute atomic E-state index is 12.8. The van der Waals surface area contributed by atoms with Gasteiger partial charge in [0.05, 0.1) is 14.2 Å². The highest BCUT2D eigenvalue weighted by molar-refractivity contribution is 5.93. The zero-order valence-electron chi connectivity index (χ0n) is 17.0. The summed E-state index contributed by atoms with van der Waals surface area (Å²) in [7, 11) is 3.17. The molecular formula is C21H24N6O3. The number of amides is 1. The second-order valence-electron chi connectivity index (χ2n) is 7.06. The normalized spacial score (nSPS) is 14.4. The molecule has 0 atom stereocenters. The second-order valence-corrected chi connectivity index (χ2v) is 7.06. The topological polar surface area (TPSA) is 94.4 Å². The summed E-state index contributed by atoms with van der Waals surface area (Å²) < 4.78 is 12.4. The Morgan fingerprint density at radius 1 is 1.03 bits per heavy atom. The van der Waals surface area contributed by atoms with Crippen molar-refractivity contribution in [2.45, 2.75) is 12.8 Å². The van der Waals surface area contributed by atoms with E-state index in [1.807, 2.05) is 16.8 Å². The first-order valence-corrected chi connectivity index (χ1v) is 9.75. The van der Waals surface area contributed by atoms with Crippen molar-refractivity contribution >= 4 is 17.4 Å². The third-order valence-electron chi connectivity index (χ3n) is 5.22. The van der Waals surface area contributed by atoms with Gasteiger partial charge in [0, 0.05) is 61.4 Å². The molecule has 3 heterocycles. The molecular weight excluding hydrogens is 384 g/mol. The molecule has 1 fully saturated rings. The van der Waals surface area contributed by atoms with Crippen LogP contribution >= 0.6 is 0 Å². The smallest absolute Gasteiger partial charge is 0.227 e. The standard InChI is InChI=1S/C21H24N6O3/c1-29-17-9-16(10-18(11-17)30-2)25-21(28)15-3-6-26(7-4-15)19-12-20(24-13-23-19)27-8-5-22-14-27/h5,8-15H,3-4,6-7H2,1-2H3,(H,25,28). The molecule has 1 aliphatic heterocycles. The average Bonchev–Trinajstić information content (AvgIpc) is 3.34. The van der Waals surface area contributed by atoms with Crippen molar-refractivity contribution in [2.75, 3.05) is 37.5 Å². The van der Waals surface area contributed by atoms with Crippen LogP contribution in [0, 0.1) is 5.92 Å². The van der Waals surface area contributed by atoms with Crippen LogP contribution in [-0.4, -0.2) is 52.7 Å². The Kier molecular flexibility index (Phi) is 5.78. The number of imidazole rings is 1. The lowest BCUT2D eigenvalue weighted by molar-refractivity contribution is -0.120. The van der Waals surface area contributed by atoms with Crippen molar-refractivity contribution in [1.82, 2.24) is 19.5 Å². The molecule has 2 aromatic heterocycles. The van der Waals surface area contributed by atoms with Crippen LogP contribution in [0.25, 0.3) is 5.82 Å². The predicted molar refractivity (Wildman–Crippen MR) is 112 cm³/mol. The van der Waals surface area contributed by atoms with E-state index in [9.17, 15) is 4.79 Å². The fraction of sp³-hybridized carbons (Fsp3) is 0.333. The van der Waals surface area contributed by atoms with Crippen molar-refractivity contribution in [1.29, 1.82) is 0 Å². The van der Waals surface area contributed by atoms with Crippen molar-refractivity contribution in [3.63, 3.8) is 0 Å². The van der Waals surface area contributed by atoms with Crippen molar-refractivity contribution < 1.29 is 14.3 Å². The number of hydrogen-bond acceptors (Lipinski definition) is 7. The maximum atomic E-state index is 12.8. The Labute approximate surface area is 174 Å². The Bertz CT molecular complexity index is 977. The largest absolute Gasteiger partial charge is 0.497 e. The van der Waals surface area contributed by atoms with E-state index < -0.39 is 0 Å². The molecule has 1 N–H and O–H groups in total. The molecule has 0 radical (unpaired) electrons. The van der Waals surface area contributed by atoms with Gasteiger partial charge in [-0.05, 0) is 12.8 Å². The van der Waals surface area contributed by atoms with Crippen LogP contribution in [0.4, 0.5) is 11.5 Å². The van der Waals surface area contributed by atoms with Crippen LogP contribution in [0.2, 0.25) is 0 Å². The molecule has 4 rings (SSSR count). The molecule has 0 saturated carbocycles. The molecule has 3 aromatic rings. The SMILES string of the molecule is COc1cc(NC(=O)C2CCN(c3cc(-n4ccnc4)ncn3)CC2)cc(OC)c1. The summed E-state index contributed by atoms with van der Waals surface area (Å²) in [6.45, 7) is 1.50. The van der Waals surface area contributed by atoms with E-state index in [-0.39, 0.29) is 11.8 Å². The van der Waals surface area contributed by atoms with Gasteiger partial charge in [-0.1, -0.05) is 0 Å². The molecule has 1 aromatic carbocycles. The lowest BCUT2D eigenvalue weighted by atomic mass is 9.95. The Morgan fingerprint density at radius 2 is 1.73 bits per heavy atom. The average molecular weight is 408 g/mol. The van der Waals surface area contributed by atoms with Crippen LogP contribution < -0.4 is 19.7 Å². The number of methoxy groups -OCH3 is 2. The quantitative estimate of drug-likeness (QED) is 0.670. The molecule has 0 unspecified atom stereocenters. The van der Waals surface area contributed by atoms with Crippen LogP contribution in [-0.2, 0) is 4.79 Å². The van der Waals surface area contributed by atoms with E-state index in [2.05, 4.69) is 25.2 Å². The minimum atomic E-state index is -0.0617. The minimum Gasteiger partial charge on any atom is -0.497 e. The monoisotopic (exact) mass is 408 g/mol. The summed E-state index contributed by atoms with van der Waals surface area (Å²) in [5.41, 5.74) is 0.666. The minimum absolute atomic E-state index is 0.00625. The molecule has 9 nitrogen and oxygen atoms in total. The molecule has 0 spiro atoms. The fourth-order valence-corrected chi connectivity index (χ4v) is 3.54. The lowest BCUT2D eigenvalue weighted by Crippen LogP contribution is -2.38. The van der Waals surface area contributed by atoms with Crippen molar-refractivity contribution in [2.24, 2.45) is 5.92 Å². The highest BCUT2D eigenvalue weighted by atomic mass is 16.5. The number of piperidine rings is 1. The summed E-state index contributed by atoms with van der Waals surface area (Å²) in [4.78, 5) is 27.7. The Morgan fingerprint density at radius 3 is 2.37 bits per heavy atom. The number of ether oxygens (including phenoxy) is 2. The summed E-state index contributed by atoms with van der Waals surface area (Å²) >= 11 is 0. The van der Waals surface area contributed by atoms with Gasteiger partial charge < -0.3 is 19.7 Å². The number of aromatic nitrogens is 4. The zero-order valence-corrected chi connectivity index (χ0v) is 17.0. The first-order valence-electron chi connectivity index (χ1n) is 9.75. The van der Waals surface area contributed by atoms with E-state index in [1.54, 1.807) is 51.3 Å². The number of carbonyl (C=O) groups is 1. The predicted octanol–water partition coefficient (Wildman–Crippen LogP) is 2.53. The van der Waals surface area contributed by atoms with E-state index >= 15 is 0 Å². The van der Waals surface area contributed by atoms with Gasteiger partial charge in [0.1, 0.15) is 35.8 Å². The zero-order chi connectivity index (χ0) is 20.9. The van der Waals surface area contributed by atoms with Crippen LogP contribution in [0.15, 0.2) is 49.3 Å². The molecule has 0 aliphatic carbocycles. The van der Waals surface area contributed by atoms with Gasteiger partial charge in [-0.25, -0.2) is 15.0 Å². The van der Waals surface area contributed by atoms with Gasteiger partial charge >= 0.3 is 0 Å². The number of nitrogens with zero attached hydrogens (tertiary/aromatic N) is 5. The van der Waals surface area contributed by atoms with E-state index in [4.69, 9.17) is 9.47 Å². The number of carbonyl (C=O) groups excluding carboxylic acids is 1. The summed E-state index contributed by atoms with van der Waals surface area (Å²) in [6, 6.07) is 7.28. The highest BCUT2D eigenvalue weighted by Crippen LogP contribution is 2.28. The highest BCUT2D eigenvalue weighted by Gasteiger charge is 2.26. The Hall–Kier alpha value is -3.62.